The molecule has 0 saturated carbocycles. The van der Waals surface area contributed by atoms with Crippen molar-refractivity contribution in [3.63, 3.8) is 0 Å². The van der Waals surface area contributed by atoms with E-state index in [0.29, 0.717) is 26.4 Å². The summed E-state index contributed by atoms with van der Waals surface area (Å²) in [5.41, 5.74) is 0. The van der Waals surface area contributed by atoms with E-state index < -0.39 is 27.9 Å². The SMILES string of the molecule is CCCCO[Si](OC(C)OCC)(OC(C)OCC)OC(C)OCC. The summed E-state index contributed by atoms with van der Waals surface area (Å²) >= 11 is 0. The monoisotopic (exact) mass is 368 g/mol. The van der Waals surface area contributed by atoms with Gasteiger partial charge in [-0.15, -0.1) is 0 Å². The topological polar surface area (TPSA) is 64.6 Å². The van der Waals surface area contributed by atoms with Crippen LogP contribution in [0.5, 0.6) is 0 Å². The Morgan fingerprint density at radius 3 is 1.33 bits per heavy atom. The molecule has 0 aromatic carbocycles. The van der Waals surface area contributed by atoms with E-state index in [1.165, 1.54) is 0 Å². The molecule has 0 amide bonds. The van der Waals surface area contributed by atoms with Gasteiger partial charge in [0.15, 0.2) is 18.9 Å². The first-order chi connectivity index (χ1) is 11.4. The Morgan fingerprint density at radius 2 is 1.04 bits per heavy atom. The Morgan fingerprint density at radius 1 is 0.667 bits per heavy atom. The molecule has 146 valence electrons. The van der Waals surface area contributed by atoms with Crippen LogP contribution in [0.3, 0.4) is 0 Å². The maximum absolute atomic E-state index is 5.95. The Balaban J connectivity index is 5.18. The molecule has 8 heteroatoms. The van der Waals surface area contributed by atoms with Crippen molar-refractivity contribution >= 4 is 9.05 Å². The van der Waals surface area contributed by atoms with Crippen LogP contribution in [0.4, 0.5) is 0 Å². The minimum atomic E-state index is -3.51. The summed E-state index contributed by atoms with van der Waals surface area (Å²) in [4.78, 5) is 0. The molecule has 0 aliphatic rings. The fourth-order valence-electron chi connectivity index (χ4n) is 1.94. The molecule has 0 aromatic heterocycles. The van der Waals surface area contributed by atoms with Crippen LogP contribution in [0.1, 0.15) is 61.3 Å². The highest BCUT2D eigenvalue weighted by molar-refractivity contribution is 6.53. The molecule has 0 N–H and O–H groups in total. The zero-order valence-electron chi connectivity index (χ0n) is 16.3. The van der Waals surface area contributed by atoms with Gasteiger partial charge in [-0.05, 0) is 48.0 Å². The Kier molecular flexibility index (Phi) is 14.1. The van der Waals surface area contributed by atoms with Gasteiger partial charge in [-0.2, -0.15) is 0 Å². The number of unbranched alkanes of at least 4 members (excludes halogenated alkanes) is 1. The molecule has 0 aliphatic carbocycles. The van der Waals surface area contributed by atoms with Crippen molar-refractivity contribution in [3.8, 4) is 0 Å². The van der Waals surface area contributed by atoms with Crippen molar-refractivity contribution in [2.24, 2.45) is 0 Å². The third-order valence-corrected chi connectivity index (χ3v) is 5.33. The zero-order valence-corrected chi connectivity index (χ0v) is 17.3. The minimum absolute atomic E-state index is 0.471. The highest BCUT2D eigenvalue weighted by atomic mass is 28.4. The lowest BCUT2D eigenvalue weighted by molar-refractivity contribution is -0.208. The van der Waals surface area contributed by atoms with Crippen molar-refractivity contribution < 1.29 is 31.9 Å². The van der Waals surface area contributed by atoms with E-state index in [4.69, 9.17) is 31.9 Å². The first kappa shape index (κ1) is 23.9. The quantitative estimate of drug-likeness (QED) is 0.235. The molecule has 3 unspecified atom stereocenters. The molecule has 7 nitrogen and oxygen atoms in total. The number of hydrogen-bond acceptors (Lipinski definition) is 7. The molecule has 0 spiro atoms. The Bertz CT molecular complexity index is 258. The second kappa shape index (κ2) is 14.1. The van der Waals surface area contributed by atoms with Crippen molar-refractivity contribution in [1.29, 1.82) is 0 Å². The molecule has 0 radical (unpaired) electrons. The lowest BCUT2D eigenvalue weighted by Gasteiger charge is -2.34. The standard InChI is InChI=1S/C16H36O7Si/c1-8-12-13-20-24(21-14(5)17-9-2,22-15(6)18-10-3)23-16(7)19-11-4/h14-16H,8-13H2,1-7H3. The molecule has 3 atom stereocenters. The van der Waals surface area contributed by atoms with Crippen LogP contribution in [-0.2, 0) is 31.9 Å². The highest BCUT2D eigenvalue weighted by Crippen LogP contribution is 2.21. The molecule has 0 aromatic rings. The van der Waals surface area contributed by atoms with E-state index in [1.807, 2.05) is 20.8 Å². The summed E-state index contributed by atoms with van der Waals surface area (Å²) in [6, 6.07) is 0. The Hall–Kier alpha value is -0.0631. The molecule has 0 bridgehead atoms. The Labute approximate surface area is 148 Å². The third kappa shape index (κ3) is 10.7. The normalized spacial score (nSPS) is 18.1. The molecule has 0 saturated heterocycles. The largest absolute Gasteiger partial charge is 0.685 e. The summed E-state index contributed by atoms with van der Waals surface area (Å²) in [5.74, 6) is 0. The first-order valence-electron chi connectivity index (χ1n) is 8.95. The van der Waals surface area contributed by atoms with E-state index in [9.17, 15) is 0 Å². The summed E-state index contributed by atoms with van der Waals surface area (Å²) in [5, 5.41) is 0. The van der Waals surface area contributed by atoms with Gasteiger partial charge < -0.3 is 31.9 Å². The fraction of sp³-hybridized carbons (Fsp3) is 1.00. The van der Waals surface area contributed by atoms with Gasteiger partial charge in [-0.1, -0.05) is 13.3 Å². The second-order valence-corrected chi connectivity index (χ2v) is 7.12. The van der Waals surface area contributed by atoms with Crippen LogP contribution in [-0.4, -0.2) is 54.3 Å². The number of rotatable bonds is 16. The number of ether oxygens (including phenoxy) is 3. The fourth-order valence-corrected chi connectivity index (χ4v) is 4.13. The summed E-state index contributed by atoms with van der Waals surface area (Å²) in [6.45, 7) is 15.2. The average Bonchev–Trinajstić information content (AvgIpc) is 2.47. The van der Waals surface area contributed by atoms with E-state index >= 15 is 0 Å². The lowest BCUT2D eigenvalue weighted by atomic mass is 10.4. The van der Waals surface area contributed by atoms with Crippen LogP contribution in [0.15, 0.2) is 0 Å². The van der Waals surface area contributed by atoms with Crippen molar-refractivity contribution in [1.82, 2.24) is 0 Å². The molecular weight excluding hydrogens is 332 g/mol. The van der Waals surface area contributed by atoms with Gasteiger partial charge in [0.25, 0.3) is 0 Å². The molecular formula is C16H36O7Si. The van der Waals surface area contributed by atoms with Crippen molar-refractivity contribution in [2.45, 2.75) is 80.2 Å². The van der Waals surface area contributed by atoms with Crippen molar-refractivity contribution in [3.05, 3.63) is 0 Å². The van der Waals surface area contributed by atoms with E-state index in [1.54, 1.807) is 20.8 Å². The second-order valence-electron chi connectivity index (χ2n) is 5.12. The zero-order chi connectivity index (χ0) is 18.4. The van der Waals surface area contributed by atoms with Crippen molar-refractivity contribution in [2.75, 3.05) is 26.4 Å². The smallest absolute Gasteiger partial charge is 0.354 e. The maximum atomic E-state index is 5.95. The molecule has 0 rings (SSSR count). The predicted molar refractivity (Wildman–Crippen MR) is 93.1 cm³/mol. The molecule has 0 heterocycles. The average molecular weight is 369 g/mol. The van der Waals surface area contributed by atoms with E-state index in [0.717, 1.165) is 12.8 Å². The predicted octanol–water partition coefficient (Wildman–Crippen LogP) is 3.44. The van der Waals surface area contributed by atoms with Gasteiger partial charge in [0, 0.05) is 26.4 Å². The van der Waals surface area contributed by atoms with Crippen LogP contribution < -0.4 is 0 Å². The third-order valence-electron chi connectivity index (χ3n) is 2.91. The molecule has 0 aliphatic heterocycles. The van der Waals surface area contributed by atoms with Gasteiger partial charge in [-0.3, -0.25) is 0 Å². The van der Waals surface area contributed by atoms with Crippen LogP contribution >= 0.6 is 0 Å². The van der Waals surface area contributed by atoms with Gasteiger partial charge in [0.05, 0.1) is 0 Å². The van der Waals surface area contributed by atoms with Gasteiger partial charge >= 0.3 is 9.05 Å². The minimum Gasteiger partial charge on any atom is -0.354 e. The van der Waals surface area contributed by atoms with Crippen LogP contribution in [0, 0.1) is 0 Å². The molecule has 24 heavy (non-hydrogen) atoms. The summed E-state index contributed by atoms with van der Waals surface area (Å²) in [6.07, 6.45) is 0.302. The number of hydrogen-bond donors (Lipinski definition) is 0. The van der Waals surface area contributed by atoms with Gasteiger partial charge in [-0.25, -0.2) is 0 Å². The van der Waals surface area contributed by atoms with E-state index in [-0.39, 0.29) is 0 Å². The molecule has 0 fully saturated rings. The van der Waals surface area contributed by atoms with Crippen LogP contribution in [0.25, 0.3) is 0 Å². The highest BCUT2D eigenvalue weighted by Gasteiger charge is 2.51. The summed E-state index contributed by atoms with van der Waals surface area (Å²) < 4.78 is 40.2. The van der Waals surface area contributed by atoms with Gasteiger partial charge in [0.1, 0.15) is 0 Å². The van der Waals surface area contributed by atoms with Crippen LogP contribution in [0.2, 0.25) is 0 Å². The lowest BCUT2D eigenvalue weighted by Crippen LogP contribution is -2.55. The summed E-state index contributed by atoms with van der Waals surface area (Å²) in [7, 11) is -3.51. The first-order valence-corrected chi connectivity index (χ1v) is 10.6. The van der Waals surface area contributed by atoms with Gasteiger partial charge in [0.2, 0.25) is 0 Å². The van der Waals surface area contributed by atoms with E-state index in [2.05, 4.69) is 6.92 Å². The maximum Gasteiger partial charge on any atom is 0.685 e.